The number of hydrogen-bond donors (Lipinski definition) is 0. The van der Waals surface area contributed by atoms with Crippen molar-refractivity contribution < 1.29 is 0 Å². The van der Waals surface area contributed by atoms with E-state index in [2.05, 4.69) is 211 Å². The van der Waals surface area contributed by atoms with Gasteiger partial charge < -0.3 is 4.57 Å². The van der Waals surface area contributed by atoms with E-state index < -0.39 is 0 Å². The number of nitrogens with zero attached hydrogens (tertiary/aromatic N) is 4. The van der Waals surface area contributed by atoms with Crippen LogP contribution in [0.25, 0.3) is 126 Å². The smallest absolute Gasteiger partial charge is 0.164 e. The summed E-state index contributed by atoms with van der Waals surface area (Å²) in [5, 5.41) is 5.02. The van der Waals surface area contributed by atoms with Gasteiger partial charge >= 0.3 is 0 Å². The van der Waals surface area contributed by atoms with Crippen LogP contribution in [0.5, 0.6) is 0 Å². The summed E-state index contributed by atoms with van der Waals surface area (Å²) in [4.78, 5) is 15.8. The summed E-state index contributed by atoms with van der Waals surface area (Å²) in [6.07, 6.45) is 0. The molecule has 68 heavy (non-hydrogen) atoms. The fourth-order valence-corrected chi connectivity index (χ4v) is 11.1. The molecule has 0 atom stereocenters. The van der Waals surface area contributed by atoms with Crippen LogP contribution < -0.4 is 0 Å². The first-order valence-electron chi connectivity index (χ1n) is 22.9. The van der Waals surface area contributed by atoms with E-state index in [1.165, 1.54) is 53.1 Å². The highest BCUT2D eigenvalue weighted by atomic mass is 32.1. The molecule has 3 heterocycles. The van der Waals surface area contributed by atoms with Crippen molar-refractivity contribution in [3.05, 3.63) is 243 Å². The van der Waals surface area contributed by atoms with E-state index in [-0.39, 0.29) is 0 Å². The molecule has 0 aliphatic rings. The zero-order chi connectivity index (χ0) is 45.0. The molecule has 4 nitrogen and oxygen atoms in total. The molecule has 0 saturated heterocycles. The monoisotopic (exact) mass is 884 g/mol. The van der Waals surface area contributed by atoms with Crippen molar-refractivity contribution in [2.45, 2.75) is 0 Å². The van der Waals surface area contributed by atoms with E-state index in [9.17, 15) is 0 Å². The summed E-state index contributed by atoms with van der Waals surface area (Å²) in [5.41, 5.74) is 15.3. The van der Waals surface area contributed by atoms with Gasteiger partial charge in [0.1, 0.15) is 0 Å². The fraction of sp³-hybridized carbons (Fsp3) is 0. The second-order valence-electron chi connectivity index (χ2n) is 17.1. The topological polar surface area (TPSA) is 43.6 Å². The molecule has 0 unspecified atom stereocenters. The van der Waals surface area contributed by atoms with Gasteiger partial charge in [0.15, 0.2) is 17.5 Å². The van der Waals surface area contributed by atoms with E-state index in [1.54, 1.807) is 0 Å². The first kappa shape index (κ1) is 39.6. The summed E-state index contributed by atoms with van der Waals surface area (Å²) in [6.45, 7) is 0. The highest BCUT2D eigenvalue weighted by molar-refractivity contribution is 7.26. The molecule has 0 fully saturated rings. The fourth-order valence-electron chi connectivity index (χ4n) is 9.88. The van der Waals surface area contributed by atoms with Gasteiger partial charge in [-0.3, -0.25) is 0 Å². The molecule has 0 spiro atoms. The number of aromatic nitrogens is 4. The second kappa shape index (κ2) is 16.6. The van der Waals surface area contributed by atoms with Gasteiger partial charge in [0, 0.05) is 58.9 Å². The largest absolute Gasteiger partial charge is 0.309 e. The molecule has 0 aliphatic carbocycles. The Hall–Kier alpha value is -8.77. The van der Waals surface area contributed by atoms with Crippen molar-refractivity contribution in [1.29, 1.82) is 0 Å². The van der Waals surface area contributed by atoms with Gasteiger partial charge in [-0.2, -0.15) is 0 Å². The van der Waals surface area contributed by atoms with Gasteiger partial charge in [0.25, 0.3) is 0 Å². The summed E-state index contributed by atoms with van der Waals surface area (Å²) >= 11 is 1.85. The molecule has 0 amide bonds. The molecule has 0 N–H and O–H groups in total. The summed E-state index contributed by atoms with van der Waals surface area (Å²) in [6, 6.07) is 86.4. The minimum Gasteiger partial charge on any atom is -0.309 e. The van der Waals surface area contributed by atoms with E-state index >= 15 is 0 Å². The van der Waals surface area contributed by atoms with Crippen molar-refractivity contribution in [2.75, 3.05) is 0 Å². The summed E-state index contributed by atoms with van der Waals surface area (Å²) in [5.74, 6) is 1.87. The molecule has 0 radical (unpaired) electrons. The number of benzene rings is 10. The van der Waals surface area contributed by atoms with Crippen LogP contribution in [0.4, 0.5) is 0 Å². The normalized spacial score (nSPS) is 11.5. The Bertz CT molecular complexity index is 3880. The minimum atomic E-state index is 0.614. The number of fused-ring (bicyclic) bond motifs is 7. The predicted molar refractivity (Wildman–Crippen MR) is 285 cm³/mol. The standard InChI is InChI=1S/C63H40N4S/c1-6-19-41(20-7-1)46-37-47(42-21-8-2-9-22-42)39-48(38-46)45-33-34-50(54(40-45)63-65-61(43-23-10-3-11-24-43)64-62(66-63)44-25-12-4-13-26-44)51-30-18-31-53-59-57(68-60(51)53)36-35-56-58(59)52-29-16-17-32-55(52)67(56)49-27-14-5-15-28-49/h1-40H. The first-order valence-corrected chi connectivity index (χ1v) is 23.7. The summed E-state index contributed by atoms with van der Waals surface area (Å²) in [7, 11) is 0. The number of thiophene rings is 1. The van der Waals surface area contributed by atoms with Gasteiger partial charge in [-0.15, -0.1) is 11.3 Å². The average Bonchev–Trinajstić information content (AvgIpc) is 3.98. The van der Waals surface area contributed by atoms with Crippen LogP contribution >= 0.6 is 11.3 Å². The number of para-hydroxylation sites is 2. The van der Waals surface area contributed by atoms with Crippen molar-refractivity contribution >= 4 is 53.3 Å². The van der Waals surface area contributed by atoms with E-state index in [4.69, 9.17) is 15.0 Å². The molecule has 13 rings (SSSR count). The lowest BCUT2D eigenvalue weighted by molar-refractivity contribution is 1.07. The molecule has 0 saturated carbocycles. The number of rotatable bonds is 8. The molecule has 5 heteroatoms. The van der Waals surface area contributed by atoms with Crippen LogP contribution in [0, 0.1) is 0 Å². The van der Waals surface area contributed by atoms with Crippen LogP contribution in [0.1, 0.15) is 0 Å². The van der Waals surface area contributed by atoms with E-state index in [1.807, 2.05) is 47.7 Å². The lowest BCUT2D eigenvalue weighted by atomic mass is 9.90. The lowest BCUT2D eigenvalue weighted by Crippen LogP contribution is -2.01. The molecule has 318 valence electrons. The third kappa shape index (κ3) is 6.88. The van der Waals surface area contributed by atoms with Crippen molar-refractivity contribution in [3.63, 3.8) is 0 Å². The second-order valence-corrected chi connectivity index (χ2v) is 18.2. The zero-order valence-electron chi connectivity index (χ0n) is 36.8. The highest BCUT2D eigenvalue weighted by Crippen LogP contribution is 2.48. The van der Waals surface area contributed by atoms with Crippen molar-refractivity contribution in [2.24, 2.45) is 0 Å². The van der Waals surface area contributed by atoms with Gasteiger partial charge in [-0.05, 0) is 93.5 Å². The van der Waals surface area contributed by atoms with Crippen LogP contribution in [0.3, 0.4) is 0 Å². The lowest BCUT2D eigenvalue weighted by Gasteiger charge is -2.16. The Morgan fingerprint density at radius 1 is 0.294 bits per heavy atom. The Balaban J connectivity index is 1.08. The SMILES string of the molecule is c1ccc(-c2cc(-c3ccccc3)cc(-c3ccc(-c4cccc5c4sc4ccc6c(c7ccccc7n6-c6ccccc6)c45)c(-c4nc(-c5ccccc5)nc(-c5ccccc5)n4)c3)c2)cc1. The Morgan fingerprint density at radius 3 is 1.43 bits per heavy atom. The van der Waals surface area contributed by atoms with Crippen molar-refractivity contribution in [1.82, 2.24) is 19.5 Å². The Labute approximate surface area is 397 Å². The molecular weight excluding hydrogens is 845 g/mol. The van der Waals surface area contributed by atoms with E-state index in [0.717, 1.165) is 55.8 Å². The molecule has 3 aromatic heterocycles. The van der Waals surface area contributed by atoms with Crippen LogP contribution in [0.15, 0.2) is 243 Å². The molecule has 0 aliphatic heterocycles. The maximum atomic E-state index is 5.36. The predicted octanol–water partition coefficient (Wildman–Crippen LogP) is 17.0. The minimum absolute atomic E-state index is 0.614. The maximum absolute atomic E-state index is 5.36. The van der Waals surface area contributed by atoms with Gasteiger partial charge in [0.2, 0.25) is 0 Å². The third-order valence-electron chi connectivity index (χ3n) is 13.0. The van der Waals surface area contributed by atoms with E-state index in [0.29, 0.717) is 17.5 Å². The maximum Gasteiger partial charge on any atom is 0.164 e. The summed E-state index contributed by atoms with van der Waals surface area (Å²) < 4.78 is 4.87. The van der Waals surface area contributed by atoms with Gasteiger partial charge in [-0.1, -0.05) is 188 Å². The van der Waals surface area contributed by atoms with Crippen LogP contribution in [-0.4, -0.2) is 19.5 Å². The molecular formula is C63H40N4S. The quantitative estimate of drug-likeness (QED) is 0.153. The average molecular weight is 885 g/mol. The molecule has 0 bridgehead atoms. The Kier molecular flexibility index (Phi) is 9.66. The number of hydrogen-bond acceptors (Lipinski definition) is 4. The third-order valence-corrected chi connectivity index (χ3v) is 14.2. The van der Waals surface area contributed by atoms with Crippen molar-refractivity contribution in [3.8, 4) is 84.4 Å². The molecule has 13 aromatic rings. The van der Waals surface area contributed by atoms with Gasteiger partial charge in [-0.25, -0.2) is 15.0 Å². The van der Waals surface area contributed by atoms with Gasteiger partial charge in [0.05, 0.1) is 11.0 Å². The van der Waals surface area contributed by atoms with Crippen LogP contribution in [-0.2, 0) is 0 Å². The molecule has 10 aromatic carbocycles. The Morgan fingerprint density at radius 2 is 0.809 bits per heavy atom. The highest BCUT2D eigenvalue weighted by Gasteiger charge is 2.22. The first-order chi connectivity index (χ1) is 33.7. The van der Waals surface area contributed by atoms with Crippen LogP contribution in [0.2, 0.25) is 0 Å². The zero-order valence-corrected chi connectivity index (χ0v) is 37.6.